The van der Waals surface area contributed by atoms with Crippen LogP contribution in [0.1, 0.15) is 24.8 Å². The van der Waals surface area contributed by atoms with Crippen LogP contribution in [0.25, 0.3) is 0 Å². The minimum absolute atomic E-state index is 0.0180. The number of benzene rings is 2. The molecule has 2 aliphatic rings. The van der Waals surface area contributed by atoms with Crippen molar-refractivity contribution in [2.75, 3.05) is 18.4 Å². The zero-order valence-corrected chi connectivity index (χ0v) is 13.6. The summed E-state index contributed by atoms with van der Waals surface area (Å²) < 4.78 is 0. The number of carbonyl (C=O) groups excluding carboxylic acids is 1. The van der Waals surface area contributed by atoms with Crippen LogP contribution >= 0.6 is 0 Å². The van der Waals surface area contributed by atoms with Crippen molar-refractivity contribution in [1.82, 2.24) is 4.90 Å². The van der Waals surface area contributed by atoms with Gasteiger partial charge >= 0.3 is 0 Å². The molecule has 4 nitrogen and oxygen atoms in total. The summed E-state index contributed by atoms with van der Waals surface area (Å²) in [6.07, 6.45) is 3.51. The number of hydrogen-bond acceptors (Lipinski definition) is 3. The maximum Gasteiger partial charge on any atom is 0.248 e. The van der Waals surface area contributed by atoms with E-state index in [2.05, 4.69) is 10.2 Å². The van der Waals surface area contributed by atoms with Gasteiger partial charge in [-0.2, -0.15) is 0 Å². The summed E-state index contributed by atoms with van der Waals surface area (Å²) in [7, 11) is 0. The Kier molecular flexibility index (Phi) is 4.13. The highest BCUT2D eigenvalue weighted by atomic mass is 16.2. The Labute approximate surface area is 142 Å². The molecule has 24 heavy (non-hydrogen) atoms. The topological polar surface area (TPSA) is 44.7 Å². The van der Waals surface area contributed by atoms with E-state index in [0.29, 0.717) is 0 Å². The molecule has 1 fully saturated rings. The predicted molar refractivity (Wildman–Crippen MR) is 96.9 cm³/mol. The minimum Gasteiger partial charge on any atom is -0.322 e. The molecule has 1 amide bonds. The van der Waals surface area contributed by atoms with Gasteiger partial charge < -0.3 is 5.32 Å². The smallest absolute Gasteiger partial charge is 0.248 e. The molecule has 0 unspecified atom stereocenters. The van der Waals surface area contributed by atoms with Gasteiger partial charge in [-0.05, 0) is 43.6 Å². The molecule has 4 heteroatoms. The number of para-hydroxylation sites is 2. The fourth-order valence-corrected chi connectivity index (χ4v) is 3.54. The van der Waals surface area contributed by atoms with Crippen molar-refractivity contribution in [3.63, 3.8) is 0 Å². The van der Waals surface area contributed by atoms with E-state index in [9.17, 15) is 4.79 Å². The van der Waals surface area contributed by atoms with Crippen LogP contribution in [0.3, 0.4) is 0 Å². The van der Waals surface area contributed by atoms with Crippen LogP contribution in [-0.4, -0.2) is 35.7 Å². The molecule has 1 atom stereocenters. The van der Waals surface area contributed by atoms with Crippen LogP contribution in [0.5, 0.6) is 0 Å². The molecular weight excluding hydrogens is 298 g/mol. The number of nitrogens with zero attached hydrogens (tertiary/aromatic N) is 2. The van der Waals surface area contributed by atoms with E-state index in [1.165, 1.54) is 6.42 Å². The van der Waals surface area contributed by atoms with Crippen molar-refractivity contribution in [1.29, 1.82) is 0 Å². The van der Waals surface area contributed by atoms with Gasteiger partial charge in [0.1, 0.15) is 6.04 Å². The average Bonchev–Trinajstić information content (AvgIpc) is 2.79. The lowest BCUT2D eigenvalue weighted by Gasteiger charge is -2.33. The van der Waals surface area contributed by atoms with Gasteiger partial charge in [-0.15, -0.1) is 0 Å². The van der Waals surface area contributed by atoms with Crippen molar-refractivity contribution < 1.29 is 4.79 Å². The second kappa shape index (κ2) is 6.57. The van der Waals surface area contributed by atoms with Crippen molar-refractivity contribution in [3.05, 3.63) is 60.2 Å². The summed E-state index contributed by atoms with van der Waals surface area (Å²) in [6, 6.07) is 17.5. The SMILES string of the molecule is O=C1Nc2ccccc2N=C(c2ccccc2)[C@H]1N1CCCCC1. The first-order chi connectivity index (χ1) is 11.8. The molecule has 2 aliphatic heterocycles. The summed E-state index contributed by atoms with van der Waals surface area (Å²) in [5.41, 5.74) is 3.47. The second-order valence-electron chi connectivity index (χ2n) is 6.37. The van der Waals surface area contributed by atoms with E-state index in [4.69, 9.17) is 4.99 Å². The lowest BCUT2D eigenvalue weighted by Crippen LogP contribution is -2.50. The molecular formula is C20H21N3O. The Hall–Kier alpha value is -2.46. The number of rotatable bonds is 2. The van der Waals surface area contributed by atoms with Gasteiger partial charge in [-0.3, -0.25) is 9.69 Å². The van der Waals surface area contributed by atoms with E-state index in [1.807, 2.05) is 54.6 Å². The number of aliphatic imine (C=N–C) groups is 1. The lowest BCUT2D eigenvalue weighted by molar-refractivity contribution is -0.119. The van der Waals surface area contributed by atoms with Crippen LogP contribution in [0, 0.1) is 0 Å². The zero-order valence-electron chi connectivity index (χ0n) is 13.6. The number of amides is 1. The summed E-state index contributed by atoms with van der Waals surface area (Å²) in [5, 5.41) is 3.07. The van der Waals surface area contributed by atoms with E-state index in [1.54, 1.807) is 0 Å². The second-order valence-corrected chi connectivity index (χ2v) is 6.37. The number of carbonyl (C=O) groups is 1. The van der Waals surface area contributed by atoms with Crippen molar-refractivity contribution >= 4 is 23.0 Å². The Balaban J connectivity index is 1.83. The normalized spacial score (nSPS) is 21.4. The number of anilines is 1. The molecule has 0 radical (unpaired) electrons. The third kappa shape index (κ3) is 2.85. The van der Waals surface area contributed by atoms with Crippen LogP contribution in [0.2, 0.25) is 0 Å². The third-order valence-electron chi connectivity index (χ3n) is 4.74. The monoisotopic (exact) mass is 319 g/mol. The molecule has 2 aromatic carbocycles. The predicted octanol–water partition coefficient (Wildman–Crippen LogP) is 3.61. The molecule has 0 aromatic heterocycles. The lowest BCUT2D eigenvalue weighted by atomic mass is 9.98. The molecule has 0 saturated carbocycles. The maximum atomic E-state index is 13.0. The van der Waals surface area contributed by atoms with Gasteiger partial charge in [-0.1, -0.05) is 48.9 Å². The maximum absolute atomic E-state index is 13.0. The van der Waals surface area contributed by atoms with Crippen LogP contribution in [-0.2, 0) is 4.79 Å². The molecule has 1 saturated heterocycles. The molecule has 1 N–H and O–H groups in total. The van der Waals surface area contributed by atoms with Crippen molar-refractivity contribution in [2.45, 2.75) is 25.3 Å². The minimum atomic E-state index is -0.333. The van der Waals surface area contributed by atoms with Gasteiger partial charge in [0.15, 0.2) is 0 Å². The number of hydrogen-bond donors (Lipinski definition) is 1. The Morgan fingerprint density at radius 1 is 0.917 bits per heavy atom. The third-order valence-corrected chi connectivity index (χ3v) is 4.74. The van der Waals surface area contributed by atoms with Crippen LogP contribution in [0.4, 0.5) is 11.4 Å². The number of piperidine rings is 1. The summed E-state index contributed by atoms with van der Waals surface area (Å²) >= 11 is 0. The van der Waals surface area contributed by atoms with Gasteiger partial charge in [0.25, 0.3) is 0 Å². The quantitative estimate of drug-likeness (QED) is 0.919. The van der Waals surface area contributed by atoms with Crippen molar-refractivity contribution in [2.24, 2.45) is 4.99 Å². The molecule has 4 rings (SSSR count). The van der Waals surface area contributed by atoms with E-state index >= 15 is 0 Å². The highest BCUT2D eigenvalue weighted by Crippen LogP contribution is 2.30. The average molecular weight is 319 g/mol. The molecule has 0 bridgehead atoms. The van der Waals surface area contributed by atoms with E-state index in [0.717, 1.165) is 48.6 Å². The Morgan fingerprint density at radius 3 is 2.42 bits per heavy atom. The molecule has 2 heterocycles. The molecule has 122 valence electrons. The largest absolute Gasteiger partial charge is 0.322 e. The van der Waals surface area contributed by atoms with Crippen LogP contribution in [0.15, 0.2) is 59.6 Å². The van der Waals surface area contributed by atoms with Crippen LogP contribution < -0.4 is 5.32 Å². The standard InChI is InChI=1S/C20H21N3O/c24-20-19(23-13-7-2-8-14-23)18(15-9-3-1-4-10-15)21-16-11-5-6-12-17(16)22-20/h1,3-6,9-12,19H,2,7-8,13-14H2,(H,22,24)/t19-/m1/s1. The van der Waals surface area contributed by atoms with Crippen molar-refractivity contribution in [3.8, 4) is 0 Å². The Morgan fingerprint density at radius 2 is 1.62 bits per heavy atom. The molecule has 0 spiro atoms. The van der Waals surface area contributed by atoms with E-state index < -0.39 is 0 Å². The first-order valence-electron chi connectivity index (χ1n) is 8.61. The fraction of sp³-hybridized carbons (Fsp3) is 0.300. The number of likely N-dealkylation sites (tertiary alicyclic amines) is 1. The summed E-state index contributed by atoms with van der Waals surface area (Å²) in [4.78, 5) is 20.2. The summed E-state index contributed by atoms with van der Waals surface area (Å²) in [5.74, 6) is 0.0180. The molecule has 2 aromatic rings. The van der Waals surface area contributed by atoms with Gasteiger partial charge in [-0.25, -0.2) is 4.99 Å². The fourth-order valence-electron chi connectivity index (χ4n) is 3.54. The first-order valence-corrected chi connectivity index (χ1v) is 8.61. The molecule has 0 aliphatic carbocycles. The number of nitrogens with one attached hydrogen (secondary N) is 1. The number of fused-ring (bicyclic) bond motifs is 1. The van der Waals surface area contributed by atoms with Gasteiger partial charge in [0, 0.05) is 0 Å². The zero-order chi connectivity index (χ0) is 16.4. The van der Waals surface area contributed by atoms with Gasteiger partial charge in [0.2, 0.25) is 5.91 Å². The highest BCUT2D eigenvalue weighted by Gasteiger charge is 2.34. The summed E-state index contributed by atoms with van der Waals surface area (Å²) in [6.45, 7) is 1.89. The first kappa shape index (κ1) is 15.1. The van der Waals surface area contributed by atoms with Gasteiger partial charge in [0.05, 0.1) is 17.1 Å². The Bertz CT molecular complexity index is 763. The highest BCUT2D eigenvalue weighted by molar-refractivity contribution is 6.22. The van der Waals surface area contributed by atoms with E-state index in [-0.39, 0.29) is 11.9 Å².